The zero-order valence-electron chi connectivity index (χ0n) is 15.9. The van der Waals surface area contributed by atoms with Crippen molar-refractivity contribution in [1.82, 2.24) is 19.9 Å². The number of thiazole rings is 1. The Balaban J connectivity index is 1.34. The highest BCUT2D eigenvalue weighted by atomic mass is 32.1. The van der Waals surface area contributed by atoms with Gasteiger partial charge in [0.25, 0.3) is 0 Å². The lowest BCUT2D eigenvalue weighted by Gasteiger charge is -2.22. The van der Waals surface area contributed by atoms with Crippen LogP contribution in [-0.4, -0.2) is 26.0 Å². The maximum atomic E-state index is 6.00. The zero-order valence-corrected chi connectivity index (χ0v) is 16.7. The molecule has 1 saturated carbocycles. The molecule has 0 aliphatic heterocycles. The minimum Gasteiger partial charge on any atom is -0.439 e. The van der Waals surface area contributed by atoms with Crippen LogP contribution in [0.25, 0.3) is 21.6 Å². The third-order valence-electron chi connectivity index (χ3n) is 5.08. The van der Waals surface area contributed by atoms with Crippen LogP contribution in [0.1, 0.15) is 32.1 Å². The maximum absolute atomic E-state index is 6.00. The number of anilines is 1. The summed E-state index contributed by atoms with van der Waals surface area (Å²) < 4.78 is 7.10. The first-order valence-corrected chi connectivity index (χ1v) is 10.7. The number of pyridine rings is 1. The van der Waals surface area contributed by atoms with Gasteiger partial charge >= 0.3 is 0 Å². The normalized spacial score (nSPS) is 14.8. The van der Waals surface area contributed by atoms with Gasteiger partial charge in [-0.25, -0.2) is 9.97 Å². The number of ether oxygens (including phenoxy) is 1. The molecular weight excluding hydrogens is 382 g/mol. The number of nitrogens with one attached hydrogen (secondary N) is 1. The van der Waals surface area contributed by atoms with Crippen LogP contribution < -0.4 is 10.1 Å². The SMILES string of the molecule is c1cc(-c2nccc(Oc3ccc4nc(NC5CCCCC5)sc4c3)n2)ccn1. The average Bonchev–Trinajstić information content (AvgIpc) is 3.17. The smallest absolute Gasteiger partial charge is 0.222 e. The first-order chi connectivity index (χ1) is 14.3. The first-order valence-electron chi connectivity index (χ1n) is 9.92. The van der Waals surface area contributed by atoms with Crippen LogP contribution in [0.15, 0.2) is 55.0 Å². The van der Waals surface area contributed by atoms with Crippen molar-refractivity contribution >= 4 is 26.7 Å². The molecule has 1 N–H and O–H groups in total. The molecule has 0 bridgehead atoms. The molecule has 0 saturated heterocycles. The van der Waals surface area contributed by atoms with Gasteiger partial charge in [0.05, 0.1) is 10.2 Å². The number of fused-ring (bicyclic) bond motifs is 1. The van der Waals surface area contributed by atoms with Crippen molar-refractivity contribution in [2.75, 3.05) is 5.32 Å². The molecule has 0 radical (unpaired) electrons. The van der Waals surface area contributed by atoms with Crippen molar-refractivity contribution in [3.05, 3.63) is 55.0 Å². The van der Waals surface area contributed by atoms with Crippen LogP contribution in [-0.2, 0) is 0 Å². The maximum Gasteiger partial charge on any atom is 0.222 e. The van der Waals surface area contributed by atoms with E-state index in [0.29, 0.717) is 17.7 Å². The average molecular weight is 404 g/mol. The standard InChI is InChI=1S/C22H21N5OS/c1-2-4-16(5-3-1)25-22-26-18-7-6-17(14-19(18)29-22)28-20-10-13-24-21(27-20)15-8-11-23-12-9-15/h6-14,16H,1-5H2,(H,25,26). The third kappa shape index (κ3) is 4.19. The van der Waals surface area contributed by atoms with Gasteiger partial charge in [0, 0.05) is 42.3 Å². The summed E-state index contributed by atoms with van der Waals surface area (Å²) >= 11 is 1.67. The van der Waals surface area contributed by atoms with Gasteiger partial charge in [-0.2, -0.15) is 4.98 Å². The highest BCUT2D eigenvalue weighted by molar-refractivity contribution is 7.22. The fraction of sp³-hybridized carbons (Fsp3) is 0.273. The van der Waals surface area contributed by atoms with Crippen molar-refractivity contribution in [2.45, 2.75) is 38.1 Å². The van der Waals surface area contributed by atoms with Crippen LogP contribution in [0.4, 0.5) is 5.13 Å². The van der Waals surface area contributed by atoms with Crippen molar-refractivity contribution in [3.63, 3.8) is 0 Å². The Labute approximate surface area is 173 Å². The summed E-state index contributed by atoms with van der Waals surface area (Å²) in [5, 5.41) is 4.60. The van der Waals surface area contributed by atoms with E-state index in [-0.39, 0.29) is 0 Å². The van der Waals surface area contributed by atoms with E-state index in [9.17, 15) is 0 Å². The lowest BCUT2D eigenvalue weighted by molar-refractivity contribution is 0.462. The molecule has 0 spiro atoms. The first kappa shape index (κ1) is 18.0. The van der Waals surface area contributed by atoms with E-state index in [1.54, 1.807) is 36.0 Å². The number of hydrogen-bond donors (Lipinski definition) is 1. The fourth-order valence-corrected chi connectivity index (χ4v) is 4.58. The number of hydrogen-bond acceptors (Lipinski definition) is 7. The van der Waals surface area contributed by atoms with E-state index in [4.69, 9.17) is 9.72 Å². The number of aromatic nitrogens is 4. The molecule has 0 unspecified atom stereocenters. The molecule has 4 aromatic rings. The number of rotatable bonds is 5. The van der Waals surface area contributed by atoms with E-state index in [2.05, 4.69) is 20.3 Å². The van der Waals surface area contributed by atoms with Crippen LogP contribution in [0.2, 0.25) is 0 Å². The molecule has 0 atom stereocenters. The predicted molar refractivity (Wildman–Crippen MR) is 115 cm³/mol. The van der Waals surface area contributed by atoms with Crippen molar-refractivity contribution in [2.24, 2.45) is 0 Å². The molecule has 29 heavy (non-hydrogen) atoms. The molecule has 1 aliphatic rings. The van der Waals surface area contributed by atoms with E-state index >= 15 is 0 Å². The largest absolute Gasteiger partial charge is 0.439 e. The molecule has 0 amide bonds. The van der Waals surface area contributed by atoms with Crippen LogP contribution in [0.5, 0.6) is 11.6 Å². The number of benzene rings is 1. The van der Waals surface area contributed by atoms with Gasteiger partial charge in [0.2, 0.25) is 5.88 Å². The quantitative estimate of drug-likeness (QED) is 0.462. The van der Waals surface area contributed by atoms with Gasteiger partial charge in [-0.05, 0) is 37.1 Å². The fourth-order valence-electron chi connectivity index (χ4n) is 3.61. The van der Waals surface area contributed by atoms with Gasteiger partial charge in [-0.15, -0.1) is 0 Å². The highest BCUT2D eigenvalue weighted by Gasteiger charge is 2.15. The van der Waals surface area contributed by atoms with Gasteiger partial charge in [-0.3, -0.25) is 4.98 Å². The molecule has 1 fully saturated rings. The van der Waals surface area contributed by atoms with E-state index < -0.39 is 0 Å². The topological polar surface area (TPSA) is 72.8 Å². The molecule has 5 rings (SSSR count). The Hall–Kier alpha value is -3.06. The summed E-state index contributed by atoms with van der Waals surface area (Å²) in [4.78, 5) is 17.6. The Kier molecular flexibility index (Phi) is 5.04. The Morgan fingerprint density at radius 1 is 0.931 bits per heavy atom. The number of nitrogens with zero attached hydrogens (tertiary/aromatic N) is 4. The van der Waals surface area contributed by atoms with Crippen LogP contribution in [0, 0.1) is 0 Å². The van der Waals surface area contributed by atoms with Gasteiger partial charge < -0.3 is 10.1 Å². The summed E-state index contributed by atoms with van der Waals surface area (Å²) in [6.45, 7) is 0. The Morgan fingerprint density at radius 3 is 2.66 bits per heavy atom. The second-order valence-electron chi connectivity index (χ2n) is 7.18. The van der Waals surface area contributed by atoms with Crippen molar-refractivity contribution in [3.8, 4) is 23.0 Å². The van der Waals surface area contributed by atoms with Gasteiger partial charge in [0.1, 0.15) is 5.75 Å². The monoisotopic (exact) mass is 403 g/mol. The molecule has 1 aliphatic carbocycles. The lowest BCUT2D eigenvalue weighted by Crippen LogP contribution is -2.21. The molecule has 6 nitrogen and oxygen atoms in total. The summed E-state index contributed by atoms with van der Waals surface area (Å²) in [6.07, 6.45) is 11.6. The molecule has 7 heteroatoms. The van der Waals surface area contributed by atoms with Crippen molar-refractivity contribution < 1.29 is 4.74 Å². The Morgan fingerprint density at radius 2 is 1.79 bits per heavy atom. The lowest BCUT2D eigenvalue weighted by atomic mass is 9.96. The van der Waals surface area contributed by atoms with Gasteiger partial charge in [-0.1, -0.05) is 30.6 Å². The second kappa shape index (κ2) is 8.13. The molecule has 146 valence electrons. The minimum atomic E-state index is 0.510. The Bertz CT molecular complexity index is 1110. The zero-order chi connectivity index (χ0) is 19.5. The molecule has 3 heterocycles. The molecule has 1 aromatic carbocycles. The van der Waals surface area contributed by atoms with Gasteiger partial charge in [0.15, 0.2) is 11.0 Å². The molecular formula is C22H21N5OS. The third-order valence-corrected chi connectivity index (χ3v) is 6.03. The van der Waals surface area contributed by atoms with Crippen LogP contribution >= 0.6 is 11.3 Å². The highest BCUT2D eigenvalue weighted by Crippen LogP contribution is 2.32. The summed E-state index contributed by atoms with van der Waals surface area (Å²) in [5.41, 5.74) is 1.89. The summed E-state index contributed by atoms with van der Waals surface area (Å²) in [5.74, 6) is 1.86. The van der Waals surface area contributed by atoms with Crippen LogP contribution in [0.3, 0.4) is 0 Å². The van der Waals surface area contributed by atoms with E-state index in [1.165, 1.54) is 32.1 Å². The van der Waals surface area contributed by atoms with E-state index in [1.807, 2.05) is 30.3 Å². The second-order valence-corrected chi connectivity index (χ2v) is 8.21. The summed E-state index contributed by atoms with van der Waals surface area (Å²) in [6, 6.07) is 12.0. The van der Waals surface area contributed by atoms with Crippen molar-refractivity contribution in [1.29, 1.82) is 0 Å². The van der Waals surface area contributed by atoms with E-state index in [0.717, 1.165) is 26.7 Å². The predicted octanol–water partition coefficient (Wildman–Crippen LogP) is 5.69. The molecule has 3 aromatic heterocycles. The summed E-state index contributed by atoms with van der Waals surface area (Å²) in [7, 11) is 0. The minimum absolute atomic E-state index is 0.510.